The molecule has 1 saturated heterocycles. The van der Waals surface area contributed by atoms with Crippen LogP contribution in [0.15, 0.2) is 44.9 Å². The van der Waals surface area contributed by atoms with E-state index in [9.17, 15) is 22.8 Å². The van der Waals surface area contributed by atoms with Gasteiger partial charge in [0.1, 0.15) is 0 Å². The van der Waals surface area contributed by atoms with Crippen LogP contribution in [0.3, 0.4) is 0 Å². The number of piperidine rings is 1. The van der Waals surface area contributed by atoms with Crippen molar-refractivity contribution in [1.82, 2.24) is 18.8 Å². The summed E-state index contributed by atoms with van der Waals surface area (Å²) in [6, 6.07) is 7.03. The molecule has 11 heteroatoms. The molecule has 1 aromatic carbocycles. The van der Waals surface area contributed by atoms with Crippen LogP contribution in [-0.2, 0) is 24.1 Å². The van der Waals surface area contributed by atoms with Crippen LogP contribution in [0, 0.1) is 12.8 Å². The van der Waals surface area contributed by atoms with Crippen molar-refractivity contribution in [2.45, 2.75) is 24.7 Å². The number of sulfonamides is 1. The molecule has 1 unspecified atom stereocenters. The summed E-state index contributed by atoms with van der Waals surface area (Å²) in [5.74, 6) is -0.0938. The highest BCUT2D eigenvalue weighted by atomic mass is 32.2. The Morgan fingerprint density at radius 1 is 1.16 bits per heavy atom. The molecule has 0 radical (unpaired) electrons. The highest BCUT2D eigenvalue weighted by Gasteiger charge is 2.33. The van der Waals surface area contributed by atoms with Gasteiger partial charge in [-0.25, -0.2) is 18.0 Å². The van der Waals surface area contributed by atoms with Gasteiger partial charge in [-0.05, 0) is 37.8 Å². The quantitative estimate of drug-likeness (QED) is 0.693. The number of aryl methyl sites for hydroxylation is 2. The zero-order valence-corrected chi connectivity index (χ0v) is 18.6. The molecule has 10 nitrogen and oxygen atoms in total. The molecule has 0 aliphatic carbocycles. The van der Waals surface area contributed by atoms with E-state index in [-0.39, 0.29) is 25.0 Å². The number of hydrogen-bond acceptors (Lipinski definition) is 5. The van der Waals surface area contributed by atoms with Crippen molar-refractivity contribution in [3.8, 4) is 0 Å². The first kappa shape index (κ1) is 22.8. The van der Waals surface area contributed by atoms with Crippen molar-refractivity contribution in [2.24, 2.45) is 20.0 Å². The van der Waals surface area contributed by atoms with E-state index in [4.69, 9.17) is 0 Å². The summed E-state index contributed by atoms with van der Waals surface area (Å²) in [6.45, 7) is 2.71. The summed E-state index contributed by atoms with van der Waals surface area (Å²) in [5, 5.41) is 5.52. The molecule has 2 aromatic rings. The highest BCUT2D eigenvalue weighted by molar-refractivity contribution is 7.89. The fraction of sp³-hybridized carbons (Fsp3) is 0.450. The molecule has 3 rings (SSSR count). The topological polar surface area (TPSA) is 123 Å². The number of anilines is 1. The van der Waals surface area contributed by atoms with Crippen molar-refractivity contribution in [3.63, 3.8) is 0 Å². The first-order valence-electron chi connectivity index (χ1n) is 9.98. The van der Waals surface area contributed by atoms with Crippen molar-refractivity contribution in [1.29, 1.82) is 0 Å². The summed E-state index contributed by atoms with van der Waals surface area (Å²) in [6.07, 6.45) is 2.43. The third-order valence-corrected chi connectivity index (χ3v) is 7.22. The van der Waals surface area contributed by atoms with Gasteiger partial charge in [0.05, 0.1) is 0 Å². The van der Waals surface area contributed by atoms with E-state index in [0.717, 1.165) is 27.3 Å². The minimum atomic E-state index is -4.07. The van der Waals surface area contributed by atoms with Gasteiger partial charge in [0, 0.05) is 45.6 Å². The number of aromatic nitrogens is 2. The third-order valence-electron chi connectivity index (χ3n) is 5.38. The van der Waals surface area contributed by atoms with Crippen molar-refractivity contribution < 1.29 is 13.2 Å². The van der Waals surface area contributed by atoms with E-state index >= 15 is 0 Å². The van der Waals surface area contributed by atoms with Crippen molar-refractivity contribution >= 4 is 21.7 Å². The standard InChI is InChI=1S/C20H27N5O5S/c1-14-6-8-16(9-7-14)22-19(27)21-11-15-5-4-10-25(12-15)31(29,30)17-13-23(2)20(28)24(3)18(17)26/h6-9,13,15H,4-5,10-12H2,1-3H3,(H2,21,22,27). The van der Waals surface area contributed by atoms with Crippen LogP contribution in [0.2, 0.25) is 0 Å². The largest absolute Gasteiger partial charge is 0.338 e. The second-order valence-electron chi connectivity index (χ2n) is 7.82. The van der Waals surface area contributed by atoms with E-state index in [2.05, 4.69) is 10.6 Å². The number of nitrogens with one attached hydrogen (secondary N) is 2. The Kier molecular flexibility index (Phi) is 6.65. The zero-order chi connectivity index (χ0) is 22.8. The fourth-order valence-electron chi connectivity index (χ4n) is 3.55. The van der Waals surface area contributed by atoms with E-state index < -0.39 is 26.2 Å². The maximum absolute atomic E-state index is 13.1. The van der Waals surface area contributed by atoms with Gasteiger partial charge in [0.2, 0.25) is 10.0 Å². The fourth-order valence-corrected chi connectivity index (χ4v) is 5.26. The predicted octanol–water partition coefficient (Wildman–Crippen LogP) is 0.615. The van der Waals surface area contributed by atoms with E-state index in [1.54, 1.807) is 12.1 Å². The van der Waals surface area contributed by atoms with Gasteiger partial charge in [-0.1, -0.05) is 17.7 Å². The molecule has 1 aromatic heterocycles. The molecule has 2 heterocycles. The van der Waals surface area contributed by atoms with Gasteiger partial charge >= 0.3 is 11.7 Å². The highest BCUT2D eigenvalue weighted by Crippen LogP contribution is 2.21. The molecule has 2 amide bonds. The van der Waals surface area contributed by atoms with Crippen LogP contribution >= 0.6 is 0 Å². The summed E-state index contributed by atoms with van der Waals surface area (Å²) in [5.41, 5.74) is 0.314. The number of rotatable bonds is 5. The number of carbonyl (C=O) groups is 1. The normalized spacial score (nSPS) is 17.3. The predicted molar refractivity (Wildman–Crippen MR) is 117 cm³/mol. The van der Waals surface area contributed by atoms with Crippen LogP contribution in [-0.4, -0.2) is 47.5 Å². The average Bonchev–Trinajstić information content (AvgIpc) is 2.75. The van der Waals surface area contributed by atoms with Crippen LogP contribution in [0.1, 0.15) is 18.4 Å². The SMILES string of the molecule is Cc1ccc(NC(=O)NCC2CCCN(S(=O)(=O)c3cn(C)c(=O)n(C)c3=O)C2)cc1. The molecule has 1 aliphatic heterocycles. The molecule has 1 fully saturated rings. The molecule has 2 N–H and O–H groups in total. The molecule has 1 atom stereocenters. The summed E-state index contributed by atoms with van der Waals surface area (Å²) >= 11 is 0. The average molecular weight is 450 g/mol. The molecular formula is C20H27N5O5S. The first-order chi connectivity index (χ1) is 14.6. The minimum absolute atomic E-state index is 0.0938. The van der Waals surface area contributed by atoms with Gasteiger partial charge in [-0.3, -0.25) is 9.36 Å². The van der Waals surface area contributed by atoms with Gasteiger partial charge in [0.15, 0.2) is 4.90 Å². The Hall–Kier alpha value is -2.92. The smallest absolute Gasteiger partial charge is 0.330 e. The first-order valence-corrected chi connectivity index (χ1v) is 11.4. The van der Waals surface area contributed by atoms with Gasteiger partial charge < -0.3 is 15.2 Å². The Balaban J connectivity index is 1.66. The molecule has 168 valence electrons. The molecule has 1 aliphatic rings. The Morgan fingerprint density at radius 3 is 2.52 bits per heavy atom. The van der Waals surface area contributed by atoms with E-state index in [0.29, 0.717) is 18.7 Å². The second kappa shape index (κ2) is 9.06. The number of nitrogens with zero attached hydrogens (tertiary/aromatic N) is 3. The Labute approximate surface area is 180 Å². The Morgan fingerprint density at radius 2 is 1.84 bits per heavy atom. The maximum atomic E-state index is 13.1. The molecular weight excluding hydrogens is 422 g/mol. The van der Waals surface area contributed by atoms with Crippen LogP contribution in [0.5, 0.6) is 0 Å². The molecule has 0 bridgehead atoms. The number of benzene rings is 1. The number of amides is 2. The number of carbonyl (C=O) groups excluding carboxylic acids is 1. The lowest BCUT2D eigenvalue weighted by atomic mass is 10.00. The van der Waals surface area contributed by atoms with E-state index in [1.807, 2.05) is 19.1 Å². The number of hydrogen-bond donors (Lipinski definition) is 2. The summed E-state index contributed by atoms with van der Waals surface area (Å²) in [7, 11) is -1.42. The summed E-state index contributed by atoms with van der Waals surface area (Å²) in [4.78, 5) is 36.0. The van der Waals surface area contributed by atoms with Crippen LogP contribution in [0.25, 0.3) is 0 Å². The van der Waals surface area contributed by atoms with Crippen LogP contribution < -0.4 is 21.9 Å². The molecule has 31 heavy (non-hydrogen) atoms. The van der Waals surface area contributed by atoms with Gasteiger partial charge in [-0.15, -0.1) is 0 Å². The maximum Gasteiger partial charge on any atom is 0.330 e. The minimum Gasteiger partial charge on any atom is -0.338 e. The van der Waals surface area contributed by atoms with Crippen molar-refractivity contribution in [2.75, 3.05) is 25.0 Å². The molecule has 0 saturated carbocycles. The van der Waals surface area contributed by atoms with Crippen LogP contribution in [0.4, 0.5) is 10.5 Å². The lowest BCUT2D eigenvalue weighted by molar-refractivity contribution is 0.238. The lowest BCUT2D eigenvalue weighted by Crippen LogP contribution is -2.47. The third kappa shape index (κ3) is 5.05. The van der Waals surface area contributed by atoms with Gasteiger partial charge in [0.25, 0.3) is 5.56 Å². The second-order valence-corrected chi connectivity index (χ2v) is 9.73. The van der Waals surface area contributed by atoms with E-state index in [1.165, 1.54) is 18.4 Å². The monoisotopic (exact) mass is 449 g/mol. The zero-order valence-electron chi connectivity index (χ0n) is 17.8. The lowest BCUT2D eigenvalue weighted by Gasteiger charge is -2.31. The van der Waals surface area contributed by atoms with Crippen molar-refractivity contribution in [3.05, 3.63) is 56.9 Å². The molecule has 0 spiro atoms. The number of urea groups is 1. The Bertz CT molecular complexity index is 1180. The van der Waals surface area contributed by atoms with Gasteiger partial charge in [-0.2, -0.15) is 4.31 Å². The summed E-state index contributed by atoms with van der Waals surface area (Å²) < 4.78 is 29.3.